The molecule has 0 aliphatic rings. The van der Waals surface area contributed by atoms with Gasteiger partial charge in [-0.2, -0.15) is 13.2 Å². The van der Waals surface area contributed by atoms with Crippen LogP contribution < -0.4 is 5.32 Å². The van der Waals surface area contributed by atoms with Crippen LogP contribution in [0.15, 0.2) is 30.3 Å². The van der Waals surface area contributed by atoms with E-state index < -0.39 is 11.7 Å². The molecule has 2 nitrogen and oxygen atoms in total. The number of anilines is 1. The van der Waals surface area contributed by atoms with Crippen molar-refractivity contribution < 1.29 is 13.2 Å². The Morgan fingerprint density at radius 3 is 2.52 bits per heavy atom. The molecule has 0 fully saturated rings. The number of hydrogen-bond acceptors (Lipinski definition) is 2. The molecule has 0 atom stereocenters. The number of benzene rings is 1. The molecule has 1 aromatic heterocycles. The summed E-state index contributed by atoms with van der Waals surface area (Å²) in [5.41, 5.74) is 1.14. The van der Waals surface area contributed by atoms with Gasteiger partial charge in [0.25, 0.3) is 0 Å². The van der Waals surface area contributed by atoms with Crippen LogP contribution in [0.25, 0.3) is 0 Å². The highest BCUT2D eigenvalue weighted by Crippen LogP contribution is 2.30. The molecule has 112 valence electrons. The molecule has 0 bridgehead atoms. The number of aryl methyl sites for hydroxylation is 1. The van der Waals surface area contributed by atoms with E-state index in [1.807, 2.05) is 0 Å². The summed E-state index contributed by atoms with van der Waals surface area (Å²) in [6.07, 6.45) is -4.36. The van der Waals surface area contributed by atoms with Crippen molar-refractivity contribution in [1.29, 1.82) is 0 Å². The van der Waals surface area contributed by atoms with Gasteiger partial charge in [-0.1, -0.05) is 35.3 Å². The number of nitrogens with zero attached hydrogens (tertiary/aromatic N) is 1. The summed E-state index contributed by atoms with van der Waals surface area (Å²) < 4.78 is 37.9. The molecular weight excluding hydrogens is 324 g/mol. The summed E-state index contributed by atoms with van der Waals surface area (Å²) in [4.78, 5) is 3.89. The van der Waals surface area contributed by atoms with Gasteiger partial charge in [0.15, 0.2) is 5.15 Å². The Balaban J connectivity index is 2.18. The minimum Gasteiger partial charge on any atom is -0.378 e. The summed E-state index contributed by atoms with van der Waals surface area (Å²) in [5.74, 6) is 0. The highest BCUT2D eigenvalue weighted by Gasteiger charge is 2.30. The minimum atomic E-state index is -4.36. The van der Waals surface area contributed by atoms with Crippen molar-refractivity contribution >= 4 is 28.9 Å². The molecule has 0 saturated carbocycles. The molecule has 0 saturated heterocycles. The second-order valence-electron chi connectivity index (χ2n) is 4.48. The van der Waals surface area contributed by atoms with Gasteiger partial charge in [-0.15, -0.1) is 0 Å². The molecule has 0 spiro atoms. The van der Waals surface area contributed by atoms with Crippen molar-refractivity contribution in [3.63, 3.8) is 0 Å². The van der Waals surface area contributed by atoms with Crippen LogP contribution in [0.3, 0.4) is 0 Å². The summed E-state index contributed by atoms with van der Waals surface area (Å²) in [5, 5.41) is 3.44. The average Bonchev–Trinajstić information content (AvgIpc) is 2.36. The maximum absolute atomic E-state index is 12.6. The Morgan fingerprint density at radius 2 is 1.90 bits per heavy atom. The summed E-state index contributed by atoms with van der Waals surface area (Å²) >= 11 is 11.7. The maximum Gasteiger partial charge on any atom is 0.416 e. The highest BCUT2D eigenvalue weighted by atomic mass is 35.5. The van der Waals surface area contributed by atoms with Crippen molar-refractivity contribution in [1.82, 2.24) is 4.98 Å². The normalized spacial score (nSPS) is 11.5. The Hall–Kier alpha value is -1.46. The smallest absolute Gasteiger partial charge is 0.378 e. The van der Waals surface area contributed by atoms with Crippen molar-refractivity contribution in [2.75, 3.05) is 5.32 Å². The van der Waals surface area contributed by atoms with E-state index in [1.165, 1.54) is 6.07 Å². The first-order chi connectivity index (χ1) is 9.77. The Labute approximate surface area is 129 Å². The number of halogens is 5. The number of nitrogens with one attached hydrogen (secondary N) is 1. The average molecular weight is 335 g/mol. The fourth-order valence-corrected chi connectivity index (χ4v) is 2.45. The molecule has 0 radical (unpaired) electrons. The highest BCUT2D eigenvalue weighted by molar-refractivity contribution is 6.34. The van der Waals surface area contributed by atoms with Gasteiger partial charge in [0, 0.05) is 6.54 Å². The lowest BCUT2D eigenvalue weighted by Crippen LogP contribution is -2.07. The van der Waals surface area contributed by atoms with Crippen LogP contribution in [0.2, 0.25) is 10.3 Å². The molecule has 1 aromatic carbocycles. The molecule has 0 aliphatic carbocycles. The van der Waals surface area contributed by atoms with Gasteiger partial charge in [0.2, 0.25) is 0 Å². The van der Waals surface area contributed by atoms with E-state index in [1.54, 1.807) is 19.1 Å². The molecule has 7 heteroatoms. The van der Waals surface area contributed by atoms with Crippen LogP contribution in [0.4, 0.5) is 18.9 Å². The van der Waals surface area contributed by atoms with Crippen molar-refractivity contribution in [2.45, 2.75) is 19.6 Å². The van der Waals surface area contributed by atoms with Gasteiger partial charge in [-0.3, -0.25) is 0 Å². The molecule has 2 aromatic rings. The molecule has 0 amide bonds. The monoisotopic (exact) mass is 334 g/mol. The molecule has 21 heavy (non-hydrogen) atoms. The third-order valence-corrected chi connectivity index (χ3v) is 3.33. The van der Waals surface area contributed by atoms with E-state index in [9.17, 15) is 13.2 Å². The van der Waals surface area contributed by atoms with E-state index in [0.717, 1.165) is 17.7 Å². The topological polar surface area (TPSA) is 24.9 Å². The van der Waals surface area contributed by atoms with E-state index >= 15 is 0 Å². The van der Waals surface area contributed by atoms with Gasteiger partial charge < -0.3 is 5.32 Å². The maximum atomic E-state index is 12.6. The number of aromatic nitrogens is 1. The molecule has 1 N–H and O–H groups in total. The first-order valence-electron chi connectivity index (χ1n) is 6.00. The molecule has 0 aliphatic heterocycles. The molecule has 1 heterocycles. The quantitative estimate of drug-likeness (QED) is 0.767. The first-order valence-corrected chi connectivity index (χ1v) is 6.75. The van der Waals surface area contributed by atoms with Crippen LogP contribution >= 0.6 is 23.2 Å². The fourth-order valence-electron chi connectivity index (χ4n) is 1.86. The molecule has 2 rings (SSSR count). The predicted molar refractivity (Wildman–Crippen MR) is 77.8 cm³/mol. The zero-order valence-corrected chi connectivity index (χ0v) is 12.4. The standard InChI is InChI=1S/C14H11Cl2F3N2/c1-8-5-11(15)21-13(16)12(8)20-7-9-3-2-4-10(6-9)14(17,18)19/h2-6,20H,7H2,1H3. The zero-order valence-electron chi connectivity index (χ0n) is 10.9. The van der Waals surface area contributed by atoms with Crippen molar-refractivity contribution in [2.24, 2.45) is 0 Å². The minimum absolute atomic E-state index is 0.187. The molecule has 0 unspecified atom stereocenters. The van der Waals surface area contributed by atoms with Crippen LogP contribution in [0.5, 0.6) is 0 Å². The predicted octanol–water partition coefficient (Wildman–Crippen LogP) is 5.33. The van der Waals surface area contributed by atoms with Gasteiger partial charge in [-0.25, -0.2) is 4.98 Å². The Kier molecular flexibility index (Phi) is 4.64. The summed E-state index contributed by atoms with van der Waals surface area (Å²) in [7, 11) is 0. The summed E-state index contributed by atoms with van der Waals surface area (Å²) in [6.45, 7) is 1.99. The zero-order chi connectivity index (χ0) is 15.6. The number of pyridine rings is 1. The van der Waals surface area contributed by atoms with E-state index in [-0.39, 0.29) is 16.9 Å². The number of hydrogen-bond donors (Lipinski definition) is 1. The van der Waals surface area contributed by atoms with E-state index in [4.69, 9.17) is 23.2 Å². The lowest BCUT2D eigenvalue weighted by molar-refractivity contribution is -0.137. The molecular formula is C14H11Cl2F3N2. The Morgan fingerprint density at radius 1 is 1.19 bits per heavy atom. The first kappa shape index (κ1) is 15.9. The number of rotatable bonds is 3. The number of alkyl halides is 3. The Bertz CT molecular complexity index is 634. The van der Waals surface area contributed by atoms with Crippen LogP contribution in [-0.2, 0) is 12.7 Å². The van der Waals surface area contributed by atoms with Gasteiger partial charge in [0.1, 0.15) is 5.15 Å². The van der Waals surface area contributed by atoms with E-state index in [0.29, 0.717) is 11.3 Å². The third kappa shape index (κ3) is 4.02. The fraction of sp³-hybridized carbons (Fsp3) is 0.214. The van der Waals surface area contributed by atoms with Crippen LogP contribution in [-0.4, -0.2) is 4.98 Å². The van der Waals surface area contributed by atoms with Gasteiger partial charge in [0.05, 0.1) is 11.3 Å². The van der Waals surface area contributed by atoms with Crippen molar-refractivity contribution in [3.8, 4) is 0 Å². The van der Waals surface area contributed by atoms with Gasteiger partial charge in [-0.05, 0) is 36.2 Å². The van der Waals surface area contributed by atoms with Crippen molar-refractivity contribution in [3.05, 3.63) is 57.3 Å². The lowest BCUT2D eigenvalue weighted by atomic mass is 10.1. The lowest BCUT2D eigenvalue weighted by Gasteiger charge is -2.13. The SMILES string of the molecule is Cc1cc(Cl)nc(Cl)c1NCc1cccc(C(F)(F)F)c1. The third-order valence-electron chi connectivity index (χ3n) is 2.86. The van der Waals surface area contributed by atoms with Crippen LogP contribution in [0.1, 0.15) is 16.7 Å². The largest absolute Gasteiger partial charge is 0.416 e. The summed E-state index contributed by atoms with van der Waals surface area (Å²) in [6, 6.07) is 6.73. The van der Waals surface area contributed by atoms with E-state index in [2.05, 4.69) is 10.3 Å². The van der Waals surface area contributed by atoms with Gasteiger partial charge >= 0.3 is 6.18 Å². The second-order valence-corrected chi connectivity index (χ2v) is 5.22. The second kappa shape index (κ2) is 6.12. The van der Waals surface area contributed by atoms with Crippen LogP contribution in [0, 0.1) is 6.92 Å².